The highest BCUT2D eigenvalue weighted by Gasteiger charge is 2.08. The van der Waals surface area contributed by atoms with Crippen LogP contribution >= 0.6 is 11.3 Å². The summed E-state index contributed by atoms with van der Waals surface area (Å²) in [7, 11) is 0. The quantitative estimate of drug-likeness (QED) is 0.495. The minimum absolute atomic E-state index is 0.345. The Morgan fingerprint density at radius 3 is 3.11 bits per heavy atom. The molecule has 6 heteroatoms. The fourth-order valence-electron chi connectivity index (χ4n) is 1.57. The average Bonchev–Trinajstić information content (AvgIpc) is 2.87. The first-order valence-electron chi connectivity index (χ1n) is 5.84. The molecule has 1 aromatic heterocycles. The number of carbonyl (C=O) groups is 1. The average molecular weight is 277 g/mol. The zero-order chi connectivity index (χ0) is 13.7. The number of hydrogen-bond donors (Lipinski definition) is 2. The minimum atomic E-state index is -0.373. The number of hydrogen-bond acceptors (Lipinski definition) is 5. The first kappa shape index (κ1) is 13.5. The maximum Gasteiger partial charge on any atom is 0.284 e. The van der Waals surface area contributed by atoms with Gasteiger partial charge in [-0.2, -0.15) is 0 Å². The van der Waals surface area contributed by atoms with Gasteiger partial charge in [0.2, 0.25) is 0 Å². The number of hydrazine groups is 1. The Labute approximate surface area is 115 Å². The normalized spacial score (nSPS) is 10.2. The van der Waals surface area contributed by atoms with Crippen molar-refractivity contribution < 1.29 is 9.53 Å². The summed E-state index contributed by atoms with van der Waals surface area (Å²) in [6, 6.07) is 7.88. The van der Waals surface area contributed by atoms with E-state index in [1.165, 1.54) is 11.3 Å². The topological polar surface area (TPSA) is 77.2 Å². The van der Waals surface area contributed by atoms with Crippen LogP contribution in [-0.2, 0) is 6.42 Å². The highest BCUT2D eigenvalue weighted by molar-refractivity contribution is 7.09. The fourth-order valence-corrected chi connectivity index (χ4v) is 2.32. The van der Waals surface area contributed by atoms with Crippen molar-refractivity contribution in [1.29, 1.82) is 0 Å². The van der Waals surface area contributed by atoms with Gasteiger partial charge in [0.25, 0.3) is 5.91 Å². The second-order valence-electron chi connectivity index (χ2n) is 4.01. The van der Waals surface area contributed by atoms with Gasteiger partial charge in [0.15, 0.2) is 0 Å². The summed E-state index contributed by atoms with van der Waals surface area (Å²) < 4.78 is 5.63. The SMILES string of the molecule is Cc1cccc(OCCc2nc(C(=O)NN)cs2)c1. The zero-order valence-electron chi connectivity index (χ0n) is 10.6. The Bertz CT molecular complexity index is 569. The molecule has 0 aliphatic heterocycles. The Morgan fingerprint density at radius 1 is 1.53 bits per heavy atom. The number of thiazole rings is 1. The maximum absolute atomic E-state index is 11.2. The molecule has 19 heavy (non-hydrogen) atoms. The molecule has 0 bridgehead atoms. The van der Waals surface area contributed by atoms with Gasteiger partial charge >= 0.3 is 0 Å². The van der Waals surface area contributed by atoms with Crippen LogP contribution in [0.4, 0.5) is 0 Å². The van der Waals surface area contributed by atoms with Gasteiger partial charge in [-0.05, 0) is 24.6 Å². The number of rotatable bonds is 5. The predicted octanol–water partition coefficient (Wildman–Crippen LogP) is 1.68. The second kappa shape index (κ2) is 6.31. The van der Waals surface area contributed by atoms with Crippen molar-refractivity contribution in [2.24, 2.45) is 5.84 Å². The predicted molar refractivity (Wildman–Crippen MR) is 74.1 cm³/mol. The first-order chi connectivity index (χ1) is 9.19. The van der Waals surface area contributed by atoms with Gasteiger partial charge in [-0.15, -0.1) is 11.3 Å². The van der Waals surface area contributed by atoms with E-state index in [1.807, 2.05) is 31.2 Å². The lowest BCUT2D eigenvalue weighted by Gasteiger charge is -2.05. The molecule has 0 radical (unpaired) electrons. The van der Waals surface area contributed by atoms with E-state index in [1.54, 1.807) is 5.38 Å². The van der Waals surface area contributed by atoms with Gasteiger partial charge in [-0.1, -0.05) is 12.1 Å². The van der Waals surface area contributed by atoms with Crippen molar-refractivity contribution in [2.45, 2.75) is 13.3 Å². The summed E-state index contributed by atoms with van der Waals surface area (Å²) in [6.07, 6.45) is 0.663. The van der Waals surface area contributed by atoms with Crippen LogP contribution in [-0.4, -0.2) is 17.5 Å². The standard InChI is InChI=1S/C13H15N3O2S/c1-9-3-2-4-10(7-9)18-6-5-12-15-11(8-19-12)13(17)16-14/h2-4,7-8H,5-6,14H2,1H3,(H,16,17). The van der Waals surface area contributed by atoms with Crippen LogP contribution < -0.4 is 16.0 Å². The molecule has 2 aromatic rings. The van der Waals surface area contributed by atoms with Gasteiger partial charge in [0.1, 0.15) is 11.4 Å². The lowest BCUT2D eigenvalue weighted by atomic mass is 10.2. The Balaban J connectivity index is 1.86. The van der Waals surface area contributed by atoms with Crippen molar-refractivity contribution in [2.75, 3.05) is 6.61 Å². The Hall–Kier alpha value is -1.92. The third-order valence-electron chi connectivity index (χ3n) is 2.49. The highest BCUT2D eigenvalue weighted by Crippen LogP contribution is 2.14. The molecule has 0 fully saturated rings. The molecule has 1 amide bonds. The van der Waals surface area contributed by atoms with Crippen molar-refractivity contribution in [3.63, 3.8) is 0 Å². The van der Waals surface area contributed by atoms with Crippen LogP contribution in [0, 0.1) is 6.92 Å². The summed E-state index contributed by atoms with van der Waals surface area (Å²) in [5.41, 5.74) is 3.56. The molecule has 100 valence electrons. The van der Waals surface area contributed by atoms with Crippen molar-refractivity contribution in [1.82, 2.24) is 10.4 Å². The number of ether oxygens (including phenoxy) is 1. The molecule has 0 aliphatic rings. The molecule has 0 aliphatic carbocycles. The Morgan fingerprint density at radius 2 is 2.37 bits per heavy atom. The van der Waals surface area contributed by atoms with Crippen LogP contribution in [0.3, 0.4) is 0 Å². The summed E-state index contributed by atoms with van der Waals surface area (Å²) in [4.78, 5) is 15.4. The number of amides is 1. The number of carbonyl (C=O) groups excluding carboxylic acids is 1. The van der Waals surface area contributed by atoms with Gasteiger partial charge in [0, 0.05) is 11.8 Å². The third-order valence-corrected chi connectivity index (χ3v) is 3.40. The van der Waals surface area contributed by atoms with E-state index < -0.39 is 0 Å². The highest BCUT2D eigenvalue weighted by atomic mass is 32.1. The van der Waals surface area contributed by atoms with Crippen LogP contribution in [0.2, 0.25) is 0 Å². The maximum atomic E-state index is 11.2. The molecule has 3 N–H and O–H groups in total. The molecular formula is C13H15N3O2S. The molecule has 0 unspecified atom stereocenters. The largest absolute Gasteiger partial charge is 0.493 e. The van der Waals surface area contributed by atoms with Gasteiger partial charge in [-0.3, -0.25) is 10.2 Å². The van der Waals surface area contributed by atoms with E-state index in [9.17, 15) is 4.79 Å². The molecular weight excluding hydrogens is 262 g/mol. The van der Waals surface area contributed by atoms with Gasteiger partial charge in [0.05, 0.1) is 11.6 Å². The third kappa shape index (κ3) is 3.77. The molecule has 2 rings (SSSR count). The summed E-state index contributed by atoms with van der Waals surface area (Å²) in [5.74, 6) is 5.51. The smallest absolute Gasteiger partial charge is 0.284 e. The number of nitrogen functional groups attached to an aromatic ring is 1. The van der Waals surface area contributed by atoms with E-state index in [4.69, 9.17) is 10.6 Å². The minimum Gasteiger partial charge on any atom is -0.493 e. The number of nitrogens with zero attached hydrogens (tertiary/aromatic N) is 1. The molecule has 0 saturated heterocycles. The number of nitrogens with two attached hydrogens (primary N) is 1. The van der Waals surface area contributed by atoms with E-state index in [-0.39, 0.29) is 5.91 Å². The number of aryl methyl sites for hydroxylation is 1. The van der Waals surface area contributed by atoms with E-state index in [0.717, 1.165) is 16.3 Å². The van der Waals surface area contributed by atoms with Gasteiger partial charge in [-0.25, -0.2) is 10.8 Å². The van der Waals surface area contributed by atoms with Crippen molar-refractivity contribution in [3.05, 3.63) is 45.9 Å². The Kier molecular flexibility index (Phi) is 4.48. The molecule has 0 saturated carbocycles. The molecule has 5 nitrogen and oxygen atoms in total. The van der Waals surface area contributed by atoms with E-state index in [0.29, 0.717) is 18.7 Å². The molecule has 1 aromatic carbocycles. The van der Waals surface area contributed by atoms with Crippen molar-refractivity contribution in [3.8, 4) is 5.75 Å². The van der Waals surface area contributed by atoms with Crippen LogP contribution in [0.15, 0.2) is 29.6 Å². The second-order valence-corrected chi connectivity index (χ2v) is 4.96. The van der Waals surface area contributed by atoms with Crippen molar-refractivity contribution >= 4 is 17.2 Å². The van der Waals surface area contributed by atoms with Crippen LogP contribution in [0.1, 0.15) is 21.1 Å². The summed E-state index contributed by atoms with van der Waals surface area (Å²) in [5, 5.41) is 2.54. The monoisotopic (exact) mass is 277 g/mol. The van der Waals surface area contributed by atoms with Crippen LogP contribution in [0.25, 0.3) is 0 Å². The fraction of sp³-hybridized carbons (Fsp3) is 0.231. The lowest BCUT2D eigenvalue weighted by molar-refractivity contribution is 0.0949. The number of benzene rings is 1. The number of nitrogens with one attached hydrogen (secondary N) is 1. The van der Waals surface area contributed by atoms with E-state index >= 15 is 0 Å². The van der Waals surface area contributed by atoms with Crippen LogP contribution in [0.5, 0.6) is 5.75 Å². The number of aromatic nitrogens is 1. The van der Waals surface area contributed by atoms with E-state index in [2.05, 4.69) is 10.4 Å². The lowest BCUT2D eigenvalue weighted by Crippen LogP contribution is -2.30. The molecule has 1 heterocycles. The zero-order valence-corrected chi connectivity index (χ0v) is 11.4. The summed E-state index contributed by atoms with van der Waals surface area (Å²) in [6.45, 7) is 2.55. The first-order valence-corrected chi connectivity index (χ1v) is 6.72. The molecule has 0 spiro atoms. The van der Waals surface area contributed by atoms with Gasteiger partial charge < -0.3 is 4.74 Å². The summed E-state index contributed by atoms with van der Waals surface area (Å²) >= 11 is 1.42. The molecule has 0 atom stereocenters.